The van der Waals surface area contributed by atoms with Gasteiger partial charge in [-0.3, -0.25) is 9.59 Å². The number of Topliss-reactive ketones (excluding diaryl/α,β-unsaturated/α-hetero) is 1. The van der Waals surface area contributed by atoms with Crippen LogP contribution in [0.3, 0.4) is 0 Å². The third kappa shape index (κ3) is 3.87. The first-order chi connectivity index (χ1) is 13.9. The fraction of sp³-hybridized carbons (Fsp3) is 0. The number of amides is 1. The lowest BCUT2D eigenvalue weighted by Crippen LogP contribution is -2.24. The Hall–Kier alpha value is -2.79. The van der Waals surface area contributed by atoms with Gasteiger partial charge in [-0.25, -0.2) is 0 Å². The van der Waals surface area contributed by atoms with E-state index in [1.165, 1.54) is 6.07 Å². The number of ketones is 1. The van der Waals surface area contributed by atoms with Gasteiger partial charge in [0.1, 0.15) is 5.69 Å². The van der Waals surface area contributed by atoms with Crippen LogP contribution in [-0.4, -0.2) is 16.1 Å². The van der Waals surface area contributed by atoms with Gasteiger partial charge in [0, 0.05) is 27.3 Å². The largest absolute Gasteiger partial charge is 0.318 e. The molecule has 2 heterocycles. The van der Waals surface area contributed by atoms with Crippen LogP contribution in [0.1, 0.15) is 10.5 Å². The minimum absolute atomic E-state index is 0.249. The monoisotopic (exact) mass is 442 g/mol. The number of pyridine rings is 1. The highest BCUT2D eigenvalue weighted by Crippen LogP contribution is 2.30. The maximum atomic E-state index is 13.1. The van der Waals surface area contributed by atoms with Crippen molar-refractivity contribution in [3.8, 4) is 11.1 Å². The van der Waals surface area contributed by atoms with Crippen LogP contribution in [-0.2, 0) is 4.79 Å². The van der Waals surface area contributed by atoms with Crippen molar-refractivity contribution in [2.75, 3.05) is 5.32 Å². The lowest BCUT2D eigenvalue weighted by atomic mass is 10.0. The number of anilines is 1. The van der Waals surface area contributed by atoms with Crippen molar-refractivity contribution in [2.45, 2.75) is 0 Å². The minimum Gasteiger partial charge on any atom is -0.318 e. The number of fused-ring (bicyclic) bond motifs is 1. The third-order valence-corrected chi connectivity index (χ3v) is 5.25. The van der Waals surface area contributed by atoms with Crippen LogP contribution in [0.5, 0.6) is 0 Å². The molecule has 2 aromatic heterocycles. The molecule has 4 nitrogen and oxygen atoms in total. The predicted octanol–water partition coefficient (Wildman–Crippen LogP) is 6.39. The first kappa shape index (κ1) is 19.5. The Kier molecular flexibility index (Phi) is 5.33. The normalized spacial score (nSPS) is 10.9. The zero-order valence-electron chi connectivity index (χ0n) is 14.8. The number of hydrogen-bond acceptors (Lipinski definition) is 2. The summed E-state index contributed by atoms with van der Waals surface area (Å²) < 4.78 is 1.69. The van der Waals surface area contributed by atoms with E-state index in [1.54, 1.807) is 53.1 Å². The van der Waals surface area contributed by atoms with Gasteiger partial charge in [-0.2, -0.15) is 0 Å². The van der Waals surface area contributed by atoms with Gasteiger partial charge >= 0.3 is 0 Å². The van der Waals surface area contributed by atoms with Crippen molar-refractivity contribution in [2.24, 2.45) is 0 Å². The average Bonchev–Trinajstić information content (AvgIpc) is 3.10. The first-order valence-corrected chi connectivity index (χ1v) is 9.74. The number of hydrogen-bond donors (Lipinski definition) is 1. The predicted molar refractivity (Wildman–Crippen MR) is 117 cm³/mol. The number of nitrogens with zero attached hydrogens (tertiary/aromatic N) is 1. The molecule has 0 unspecified atom stereocenters. The van der Waals surface area contributed by atoms with Gasteiger partial charge in [0.05, 0.1) is 10.7 Å². The van der Waals surface area contributed by atoms with Gasteiger partial charge in [0.25, 0.3) is 11.7 Å². The Labute approximate surface area is 181 Å². The SMILES string of the molecule is O=C(Nc1cc(Cl)ccc1Cl)C(=O)c1c(-c2ccc(Cl)cc2)cc2ccccn12. The molecular formula is C22H13Cl3N2O2. The lowest BCUT2D eigenvalue weighted by molar-refractivity contribution is -0.112. The van der Waals surface area contributed by atoms with E-state index in [0.29, 0.717) is 15.6 Å². The summed E-state index contributed by atoms with van der Waals surface area (Å²) in [5.41, 5.74) is 2.71. The molecule has 0 aliphatic carbocycles. The van der Waals surface area contributed by atoms with Gasteiger partial charge < -0.3 is 9.72 Å². The van der Waals surface area contributed by atoms with E-state index in [4.69, 9.17) is 34.8 Å². The molecular weight excluding hydrogens is 431 g/mol. The molecule has 0 aliphatic rings. The van der Waals surface area contributed by atoms with Crippen molar-refractivity contribution in [1.29, 1.82) is 0 Å². The summed E-state index contributed by atoms with van der Waals surface area (Å²) in [6.45, 7) is 0. The van der Waals surface area contributed by atoms with Crippen LogP contribution in [0.2, 0.25) is 15.1 Å². The van der Waals surface area contributed by atoms with Gasteiger partial charge in [0.2, 0.25) is 0 Å². The Bertz CT molecular complexity index is 1250. The molecule has 1 N–H and O–H groups in total. The van der Waals surface area contributed by atoms with Gasteiger partial charge in [-0.1, -0.05) is 53.0 Å². The molecule has 1 amide bonds. The molecule has 0 spiro atoms. The van der Waals surface area contributed by atoms with Crippen molar-refractivity contribution in [1.82, 2.24) is 4.40 Å². The van der Waals surface area contributed by atoms with Crippen molar-refractivity contribution >= 4 is 57.7 Å². The molecule has 2 aromatic carbocycles. The highest BCUT2D eigenvalue weighted by Gasteiger charge is 2.25. The number of rotatable bonds is 4. The lowest BCUT2D eigenvalue weighted by Gasteiger charge is -2.09. The molecule has 0 saturated carbocycles. The van der Waals surface area contributed by atoms with Gasteiger partial charge in [-0.15, -0.1) is 0 Å². The summed E-state index contributed by atoms with van der Waals surface area (Å²) in [5, 5.41) is 3.82. The Balaban J connectivity index is 1.78. The molecule has 144 valence electrons. The Morgan fingerprint density at radius 3 is 2.31 bits per heavy atom. The fourth-order valence-electron chi connectivity index (χ4n) is 3.08. The summed E-state index contributed by atoms with van der Waals surface area (Å²) in [7, 11) is 0. The van der Waals surface area contributed by atoms with Crippen molar-refractivity contribution in [3.05, 3.63) is 93.7 Å². The van der Waals surface area contributed by atoms with Crippen LogP contribution in [0.25, 0.3) is 16.6 Å². The highest BCUT2D eigenvalue weighted by atomic mass is 35.5. The van der Waals surface area contributed by atoms with Crippen LogP contribution in [0.15, 0.2) is 72.9 Å². The minimum atomic E-state index is -0.812. The highest BCUT2D eigenvalue weighted by molar-refractivity contribution is 6.48. The maximum absolute atomic E-state index is 13.1. The van der Waals surface area contributed by atoms with E-state index >= 15 is 0 Å². The van der Waals surface area contributed by atoms with E-state index in [9.17, 15) is 9.59 Å². The second-order valence-electron chi connectivity index (χ2n) is 6.32. The van der Waals surface area contributed by atoms with Crippen LogP contribution >= 0.6 is 34.8 Å². The van der Waals surface area contributed by atoms with Gasteiger partial charge in [-0.05, 0) is 54.1 Å². The molecule has 0 bridgehead atoms. The first-order valence-electron chi connectivity index (χ1n) is 8.61. The number of aromatic nitrogens is 1. The second-order valence-corrected chi connectivity index (χ2v) is 7.60. The molecule has 7 heteroatoms. The molecule has 0 fully saturated rings. The summed E-state index contributed by atoms with van der Waals surface area (Å²) in [6.07, 6.45) is 1.74. The molecule has 4 rings (SSSR count). The number of halogens is 3. The van der Waals surface area contributed by atoms with Crippen LogP contribution in [0, 0.1) is 0 Å². The number of carbonyl (C=O) groups excluding carboxylic acids is 2. The van der Waals surface area contributed by atoms with Crippen molar-refractivity contribution < 1.29 is 9.59 Å². The summed E-state index contributed by atoms with van der Waals surface area (Å²) in [5.74, 6) is -1.51. The molecule has 4 aromatic rings. The van der Waals surface area contributed by atoms with Gasteiger partial charge in [0.15, 0.2) is 0 Å². The van der Waals surface area contributed by atoms with E-state index < -0.39 is 11.7 Å². The third-order valence-electron chi connectivity index (χ3n) is 4.43. The quantitative estimate of drug-likeness (QED) is 0.293. The fourth-order valence-corrected chi connectivity index (χ4v) is 3.55. The molecule has 0 atom stereocenters. The molecule has 0 radical (unpaired) electrons. The van der Waals surface area contributed by atoms with Crippen LogP contribution in [0.4, 0.5) is 5.69 Å². The Morgan fingerprint density at radius 2 is 1.55 bits per heavy atom. The molecule has 29 heavy (non-hydrogen) atoms. The standard InChI is InChI=1S/C22H13Cl3N2O2/c23-14-6-4-13(5-7-14)17-12-16-3-1-2-10-27(16)20(17)21(28)22(29)26-19-11-15(24)8-9-18(19)25/h1-12H,(H,26,29). The smallest absolute Gasteiger partial charge is 0.298 e. The summed E-state index contributed by atoms with van der Waals surface area (Å²) >= 11 is 18.1. The van der Waals surface area contributed by atoms with Crippen molar-refractivity contribution in [3.63, 3.8) is 0 Å². The summed E-state index contributed by atoms with van der Waals surface area (Å²) in [4.78, 5) is 25.9. The zero-order chi connectivity index (χ0) is 20.5. The van der Waals surface area contributed by atoms with E-state index in [0.717, 1.165) is 11.1 Å². The average molecular weight is 444 g/mol. The Morgan fingerprint density at radius 1 is 0.828 bits per heavy atom. The number of nitrogens with one attached hydrogen (secondary N) is 1. The molecule has 0 aliphatic heterocycles. The topological polar surface area (TPSA) is 50.6 Å². The zero-order valence-corrected chi connectivity index (χ0v) is 17.1. The van der Waals surface area contributed by atoms with E-state index in [2.05, 4.69) is 5.32 Å². The van der Waals surface area contributed by atoms with E-state index in [-0.39, 0.29) is 16.4 Å². The number of carbonyl (C=O) groups is 2. The summed E-state index contributed by atoms with van der Waals surface area (Å²) in [6, 6.07) is 19.1. The number of benzene rings is 2. The maximum Gasteiger partial charge on any atom is 0.298 e. The van der Waals surface area contributed by atoms with Crippen LogP contribution < -0.4 is 5.32 Å². The molecule has 0 saturated heterocycles. The van der Waals surface area contributed by atoms with E-state index in [1.807, 2.05) is 18.2 Å². The second kappa shape index (κ2) is 7.91.